The van der Waals surface area contributed by atoms with Gasteiger partial charge in [-0.25, -0.2) is 0 Å². The van der Waals surface area contributed by atoms with Crippen LogP contribution in [0.1, 0.15) is 33.1 Å². The third-order valence-electron chi connectivity index (χ3n) is 1.20. The monoisotopic (exact) mass is 150 g/mol. The number of rotatable bonds is 4. The highest BCUT2D eigenvalue weighted by atomic mass is 16.1. The summed E-state index contributed by atoms with van der Waals surface area (Å²) in [6, 6.07) is 0. The molecule has 0 amide bonds. The summed E-state index contributed by atoms with van der Waals surface area (Å²) in [6.45, 7) is 3.40. The summed E-state index contributed by atoms with van der Waals surface area (Å²) in [5, 5.41) is 0. The van der Waals surface area contributed by atoms with E-state index in [2.05, 4.69) is 11.8 Å². The molecule has 0 aliphatic heterocycles. The van der Waals surface area contributed by atoms with E-state index >= 15 is 0 Å². The SMILES string of the molecule is CC#CCCC/C=C/C(C)=O. The summed E-state index contributed by atoms with van der Waals surface area (Å²) in [5.41, 5.74) is 0. The Kier molecular flexibility index (Phi) is 6.42. The van der Waals surface area contributed by atoms with Crippen LogP contribution >= 0.6 is 0 Å². The predicted octanol–water partition coefficient (Wildman–Crippen LogP) is 2.33. The molecule has 0 aliphatic rings. The summed E-state index contributed by atoms with van der Waals surface area (Å²) < 4.78 is 0. The minimum Gasteiger partial charge on any atom is -0.295 e. The van der Waals surface area contributed by atoms with Crippen LogP contribution in [0, 0.1) is 11.8 Å². The minimum atomic E-state index is 0.117. The highest BCUT2D eigenvalue weighted by molar-refractivity contribution is 5.87. The summed E-state index contributed by atoms with van der Waals surface area (Å²) in [4.78, 5) is 10.4. The summed E-state index contributed by atoms with van der Waals surface area (Å²) in [5.74, 6) is 5.91. The van der Waals surface area contributed by atoms with Gasteiger partial charge >= 0.3 is 0 Å². The van der Waals surface area contributed by atoms with E-state index in [1.54, 1.807) is 13.0 Å². The highest BCUT2D eigenvalue weighted by Gasteiger charge is 1.82. The van der Waals surface area contributed by atoms with E-state index in [0.29, 0.717) is 0 Å². The second-order valence-corrected chi connectivity index (χ2v) is 2.33. The Hall–Kier alpha value is -1.03. The second-order valence-electron chi connectivity index (χ2n) is 2.33. The van der Waals surface area contributed by atoms with Gasteiger partial charge in [0, 0.05) is 6.42 Å². The van der Waals surface area contributed by atoms with Crippen LogP contribution in [0.2, 0.25) is 0 Å². The highest BCUT2D eigenvalue weighted by Crippen LogP contribution is 1.94. The zero-order valence-electron chi connectivity index (χ0n) is 7.18. The van der Waals surface area contributed by atoms with E-state index < -0.39 is 0 Å². The van der Waals surface area contributed by atoms with Gasteiger partial charge in [-0.05, 0) is 32.8 Å². The molecule has 1 heteroatoms. The first-order valence-corrected chi connectivity index (χ1v) is 3.84. The van der Waals surface area contributed by atoms with Crippen LogP contribution in [0.25, 0.3) is 0 Å². The van der Waals surface area contributed by atoms with Crippen molar-refractivity contribution in [1.29, 1.82) is 0 Å². The van der Waals surface area contributed by atoms with E-state index in [0.717, 1.165) is 19.3 Å². The van der Waals surface area contributed by atoms with Crippen molar-refractivity contribution in [3.8, 4) is 11.8 Å². The lowest BCUT2D eigenvalue weighted by Gasteiger charge is -1.85. The Balaban J connectivity index is 3.25. The van der Waals surface area contributed by atoms with Crippen LogP contribution < -0.4 is 0 Å². The van der Waals surface area contributed by atoms with E-state index in [4.69, 9.17) is 0 Å². The van der Waals surface area contributed by atoms with Crippen molar-refractivity contribution in [1.82, 2.24) is 0 Å². The van der Waals surface area contributed by atoms with Gasteiger partial charge in [-0.15, -0.1) is 11.8 Å². The Bertz CT molecular complexity index is 191. The topological polar surface area (TPSA) is 17.1 Å². The molecule has 0 N–H and O–H groups in total. The van der Waals surface area contributed by atoms with Gasteiger partial charge in [-0.1, -0.05) is 6.08 Å². The van der Waals surface area contributed by atoms with Crippen LogP contribution in [0.5, 0.6) is 0 Å². The van der Waals surface area contributed by atoms with Crippen LogP contribution in [0.3, 0.4) is 0 Å². The molecule has 0 radical (unpaired) electrons. The third kappa shape index (κ3) is 8.97. The van der Waals surface area contributed by atoms with E-state index in [-0.39, 0.29) is 5.78 Å². The third-order valence-corrected chi connectivity index (χ3v) is 1.20. The second kappa shape index (κ2) is 7.08. The molecule has 0 bridgehead atoms. The van der Waals surface area contributed by atoms with Gasteiger partial charge in [-0.2, -0.15) is 0 Å². The average molecular weight is 150 g/mol. The van der Waals surface area contributed by atoms with Gasteiger partial charge in [0.05, 0.1) is 0 Å². The maximum Gasteiger partial charge on any atom is 0.152 e. The molecule has 0 saturated heterocycles. The number of ketones is 1. The molecule has 0 heterocycles. The molecule has 0 aliphatic carbocycles. The zero-order valence-corrected chi connectivity index (χ0v) is 7.18. The van der Waals surface area contributed by atoms with Gasteiger partial charge in [0.2, 0.25) is 0 Å². The van der Waals surface area contributed by atoms with Gasteiger partial charge in [0.1, 0.15) is 0 Å². The van der Waals surface area contributed by atoms with Crippen molar-refractivity contribution in [2.45, 2.75) is 33.1 Å². The van der Waals surface area contributed by atoms with Crippen molar-refractivity contribution in [2.75, 3.05) is 0 Å². The first-order chi connectivity index (χ1) is 5.27. The molecule has 60 valence electrons. The number of allylic oxidation sites excluding steroid dienone is 2. The van der Waals surface area contributed by atoms with Gasteiger partial charge in [-0.3, -0.25) is 4.79 Å². The van der Waals surface area contributed by atoms with Gasteiger partial charge in [0.25, 0.3) is 0 Å². The molecule has 0 saturated carbocycles. The largest absolute Gasteiger partial charge is 0.295 e. The lowest BCUT2D eigenvalue weighted by atomic mass is 10.2. The fraction of sp³-hybridized carbons (Fsp3) is 0.500. The standard InChI is InChI=1S/C10H14O/c1-3-4-5-6-7-8-9-10(2)11/h8-9H,5-7H2,1-2H3/b9-8+. The summed E-state index contributed by atoms with van der Waals surface area (Å²) >= 11 is 0. The Morgan fingerprint density at radius 1 is 1.55 bits per heavy atom. The summed E-state index contributed by atoms with van der Waals surface area (Å²) in [6.07, 6.45) is 6.44. The van der Waals surface area contributed by atoms with Crippen molar-refractivity contribution in [3.05, 3.63) is 12.2 Å². The van der Waals surface area contributed by atoms with Gasteiger partial charge < -0.3 is 0 Å². The number of hydrogen-bond donors (Lipinski definition) is 0. The molecule has 0 rings (SSSR count). The van der Waals surface area contributed by atoms with Crippen molar-refractivity contribution >= 4 is 5.78 Å². The molecule has 0 spiro atoms. The van der Waals surface area contributed by atoms with Crippen LogP contribution in [0.15, 0.2) is 12.2 Å². The van der Waals surface area contributed by atoms with E-state index in [1.807, 2.05) is 13.0 Å². The number of carbonyl (C=O) groups excluding carboxylic acids is 1. The predicted molar refractivity (Wildman–Crippen MR) is 47.1 cm³/mol. The van der Waals surface area contributed by atoms with E-state index in [9.17, 15) is 4.79 Å². The molecule has 11 heavy (non-hydrogen) atoms. The van der Waals surface area contributed by atoms with E-state index in [1.165, 1.54) is 0 Å². The van der Waals surface area contributed by atoms with Crippen LogP contribution in [-0.2, 0) is 4.79 Å². The Labute approximate surface area is 68.5 Å². The molecule has 0 atom stereocenters. The molecule has 0 aromatic carbocycles. The average Bonchev–Trinajstić information content (AvgIpc) is 1.96. The molecular formula is C10H14O. The fourth-order valence-corrected chi connectivity index (χ4v) is 0.683. The minimum absolute atomic E-state index is 0.117. The van der Waals surface area contributed by atoms with Crippen LogP contribution in [0.4, 0.5) is 0 Å². The van der Waals surface area contributed by atoms with Crippen molar-refractivity contribution in [2.24, 2.45) is 0 Å². The smallest absolute Gasteiger partial charge is 0.152 e. The fourth-order valence-electron chi connectivity index (χ4n) is 0.683. The van der Waals surface area contributed by atoms with Gasteiger partial charge in [0.15, 0.2) is 5.78 Å². The Morgan fingerprint density at radius 2 is 2.27 bits per heavy atom. The maximum atomic E-state index is 10.4. The van der Waals surface area contributed by atoms with Crippen molar-refractivity contribution in [3.63, 3.8) is 0 Å². The molecule has 0 fully saturated rings. The molecule has 0 aromatic heterocycles. The molecule has 0 aromatic rings. The first-order valence-electron chi connectivity index (χ1n) is 3.84. The van der Waals surface area contributed by atoms with Crippen molar-refractivity contribution < 1.29 is 4.79 Å². The quantitative estimate of drug-likeness (QED) is 0.341. The molecular weight excluding hydrogens is 136 g/mol. The first kappa shape index (κ1) is 9.97. The lowest BCUT2D eigenvalue weighted by Crippen LogP contribution is -1.79. The summed E-state index contributed by atoms with van der Waals surface area (Å²) in [7, 11) is 0. The maximum absolute atomic E-state index is 10.4. The van der Waals surface area contributed by atoms with Crippen LogP contribution in [-0.4, -0.2) is 5.78 Å². The molecule has 0 unspecified atom stereocenters. The molecule has 1 nitrogen and oxygen atoms in total. The lowest BCUT2D eigenvalue weighted by molar-refractivity contribution is -0.112. The normalized spacial score (nSPS) is 9.27. The zero-order chi connectivity index (χ0) is 8.53. The Morgan fingerprint density at radius 3 is 2.82 bits per heavy atom. The number of hydrogen-bond acceptors (Lipinski definition) is 1. The number of unbranched alkanes of at least 4 members (excludes halogenated alkanes) is 2. The number of carbonyl (C=O) groups is 1.